The van der Waals surface area contributed by atoms with Gasteiger partial charge < -0.3 is 4.90 Å². The number of thiol groups is 1. The molecule has 1 atom stereocenters. The normalized spacial score (nSPS) is 20.8. The Hall–Kier alpha value is 0.310. The van der Waals surface area contributed by atoms with E-state index in [1.165, 1.54) is 12.8 Å². The van der Waals surface area contributed by atoms with Crippen LogP contribution in [0.5, 0.6) is 0 Å². The highest BCUT2D eigenvalue weighted by atomic mass is 32.1. The predicted molar refractivity (Wildman–Crippen MR) is 62.5 cm³/mol. The van der Waals surface area contributed by atoms with Crippen LogP contribution < -0.4 is 0 Å². The van der Waals surface area contributed by atoms with E-state index in [0.717, 1.165) is 24.3 Å². The first-order chi connectivity index (χ1) is 5.96. The number of hydrogen-bond donors (Lipinski definition) is 1. The van der Waals surface area contributed by atoms with Crippen LogP contribution in [0.2, 0.25) is 0 Å². The van der Waals surface area contributed by atoms with Gasteiger partial charge in [0, 0.05) is 12.6 Å². The van der Waals surface area contributed by atoms with Gasteiger partial charge in [-0.05, 0) is 43.9 Å². The Balaban J connectivity index is 2.34. The topological polar surface area (TPSA) is 3.24 Å². The Morgan fingerprint density at radius 3 is 2.38 bits per heavy atom. The lowest BCUT2D eigenvalue weighted by Gasteiger charge is -2.33. The first kappa shape index (κ1) is 11.4. The lowest BCUT2D eigenvalue weighted by atomic mass is 9.95. The molecule has 1 aliphatic carbocycles. The molecular formula is C11H23NS. The van der Waals surface area contributed by atoms with E-state index in [4.69, 9.17) is 0 Å². The molecule has 0 aromatic heterocycles. The number of rotatable bonds is 5. The second-order valence-electron chi connectivity index (χ2n) is 5.32. The molecule has 0 aromatic carbocycles. The Labute approximate surface area is 88.3 Å². The van der Waals surface area contributed by atoms with Crippen molar-refractivity contribution in [2.45, 2.75) is 39.7 Å². The Morgan fingerprint density at radius 1 is 1.46 bits per heavy atom. The van der Waals surface area contributed by atoms with E-state index >= 15 is 0 Å². The van der Waals surface area contributed by atoms with Crippen LogP contribution in [0.3, 0.4) is 0 Å². The molecule has 0 N–H and O–H groups in total. The molecular weight excluding hydrogens is 178 g/mol. The third kappa shape index (κ3) is 3.51. The predicted octanol–water partition coefficient (Wildman–Crippen LogP) is 2.67. The lowest BCUT2D eigenvalue weighted by molar-refractivity contribution is 0.170. The van der Waals surface area contributed by atoms with E-state index in [1.807, 2.05) is 0 Å². The SMILES string of the molecule is CC(C1CC1)N(C)CC(C)(C)CS. The van der Waals surface area contributed by atoms with E-state index in [2.05, 4.69) is 45.3 Å². The molecule has 1 aliphatic rings. The fourth-order valence-electron chi connectivity index (χ4n) is 1.81. The summed E-state index contributed by atoms with van der Waals surface area (Å²) in [6.45, 7) is 8.09. The van der Waals surface area contributed by atoms with Gasteiger partial charge >= 0.3 is 0 Å². The van der Waals surface area contributed by atoms with Gasteiger partial charge in [-0.3, -0.25) is 0 Å². The summed E-state index contributed by atoms with van der Waals surface area (Å²) in [5.41, 5.74) is 0.348. The maximum absolute atomic E-state index is 4.38. The molecule has 0 saturated heterocycles. The zero-order chi connectivity index (χ0) is 10.1. The van der Waals surface area contributed by atoms with Crippen LogP contribution >= 0.6 is 12.6 Å². The molecule has 0 aromatic rings. The highest BCUT2D eigenvalue weighted by Gasteiger charge is 2.32. The van der Waals surface area contributed by atoms with Crippen molar-refractivity contribution in [2.75, 3.05) is 19.3 Å². The standard InChI is InChI=1S/C11H23NS/c1-9(10-5-6-10)12(4)7-11(2,3)8-13/h9-10,13H,5-8H2,1-4H3. The quantitative estimate of drug-likeness (QED) is 0.669. The van der Waals surface area contributed by atoms with Gasteiger partial charge in [0.15, 0.2) is 0 Å². The van der Waals surface area contributed by atoms with Crippen molar-refractivity contribution in [1.82, 2.24) is 4.90 Å². The number of hydrogen-bond acceptors (Lipinski definition) is 2. The third-order valence-electron chi connectivity index (χ3n) is 3.10. The van der Waals surface area contributed by atoms with Crippen molar-refractivity contribution < 1.29 is 0 Å². The summed E-state index contributed by atoms with van der Waals surface area (Å²) in [4.78, 5) is 2.49. The van der Waals surface area contributed by atoms with Crippen molar-refractivity contribution in [3.63, 3.8) is 0 Å². The van der Waals surface area contributed by atoms with Gasteiger partial charge in [0.05, 0.1) is 0 Å². The zero-order valence-corrected chi connectivity index (χ0v) is 10.3. The minimum absolute atomic E-state index is 0.348. The van der Waals surface area contributed by atoms with Gasteiger partial charge in [0.2, 0.25) is 0 Å². The van der Waals surface area contributed by atoms with Gasteiger partial charge in [0.1, 0.15) is 0 Å². The fourth-order valence-corrected chi connectivity index (χ4v) is 1.91. The maximum Gasteiger partial charge on any atom is 0.00923 e. The Bertz CT molecular complexity index is 163. The lowest BCUT2D eigenvalue weighted by Crippen LogP contribution is -2.39. The largest absolute Gasteiger partial charge is 0.303 e. The summed E-state index contributed by atoms with van der Waals surface area (Å²) < 4.78 is 0. The monoisotopic (exact) mass is 201 g/mol. The second kappa shape index (κ2) is 4.22. The summed E-state index contributed by atoms with van der Waals surface area (Å²) in [6, 6.07) is 0.763. The molecule has 0 bridgehead atoms. The molecule has 0 spiro atoms. The Morgan fingerprint density at radius 2 is 2.00 bits per heavy atom. The minimum Gasteiger partial charge on any atom is -0.303 e. The smallest absolute Gasteiger partial charge is 0.00923 e. The minimum atomic E-state index is 0.348. The van der Waals surface area contributed by atoms with Crippen molar-refractivity contribution in [3.05, 3.63) is 0 Å². The molecule has 78 valence electrons. The fraction of sp³-hybridized carbons (Fsp3) is 1.00. The van der Waals surface area contributed by atoms with Crippen LogP contribution in [0.1, 0.15) is 33.6 Å². The highest BCUT2D eigenvalue weighted by Crippen LogP contribution is 2.35. The van der Waals surface area contributed by atoms with Gasteiger partial charge in [0.25, 0.3) is 0 Å². The van der Waals surface area contributed by atoms with Crippen molar-refractivity contribution in [1.29, 1.82) is 0 Å². The Kier molecular flexibility index (Phi) is 3.70. The van der Waals surface area contributed by atoms with Crippen molar-refractivity contribution in [3.8, 4) is 0 Å². The molecule has 0 radical (unpaired) electrons. The van der Waals surface area contributed by atoms with E-state index in [0.29, 0.717) is 5.41 Å². The molecule has 1 saturated carbocycles. The summed E-state index contributed by atoms with van der Waals surface area (Å²) in [5, 5.41) is 0. The number of nitrogens with zero attached hydrogens (tertiary/aromatic N) is 1. The van der Waals surface area contributed by atoms with Crippen LogP contribution in [-0.4, -0.2) is 30.3 Å². The summed E-state index contributed by atoms with van der Waals surface area (Å²) >= 11 is 4.38. The van der Waals surface area contributed by atoms with Crippen LogP contribution in [-0.2, 0) is 0 Å². The molecule has 1 fully saturated rings. The van der Waals surface area contributed by atoms with Crippen LogP contribution in [0.15, 0.2) is 0 Å². The van der Waals surface area contributed by atoms with E-state index in [9.17, 15) is 0 Å². The van der Waals surface area contributed by atoms with E-state index in [-0.39, 0.29) is 0 Å². The second-order valence-corrected chi connectivity index (χ2v) is 5.63. The average Bonchev–Trinajstić information content (AvgIpc) is 2.85. The molecule has 0 aliphatic heterocycles. The van der Waals surface area contributed by atoms with Crippen molar-refractivity contribution >= 4 is 12.6 Å². The first-order valence-corrected chi connectivity index (χ1v) is 5.90. The van der Waals surface area contributed by atoms with Crippen LogP contribution in [0.25, 0.3) is 0 Å². The third-order valence-corrected chi connectivity index (χ3v) is 3.96. The first-order valence-electron chi connectivity index (χ1n) is 5.27. The van der Waals surface area contributed by atoms with E-state index in [1.54, 1.807) is 0 Å². The molecule has 1 nitrogen and oxygen atoms in total. The van der Waals surface area contributed by atoms with E-state index < -0.39 is 0 Å². The van der Waals surface area contributed by atoms with Crippen LogP contribution in [0, 0.1) is 11.3 Å². The van der Waals surface area contributed by atoms with Gasteiger partial charge in [-0.25, -0.2) is 0 Å². The summed E-state index contributed by atoms with van der Waals surface area (Å²) in [5.74, 6) is 1.94. The summed E-state index contributed by atoms with van der Waals surface area (Å²) in [6.07, 6.45) is 2.87. The van der Waals surface area contributed by atoms with Gasteiger partial charge in [-0.2, -0.15) is 12.6 Å². The summed E-state index contributed by atoms with van der Waals surface area (Å²) in [7, 11) is 2.24. The molecule has 13 heavy (non-hydrogen) atoms. The maximum atomic E-state index is 4.38. The average molecular weight is 201 g/mol. The molecule has 1 unspecified atom stereocenters. The molecule has 0 heterocycles. The van der Waals surface area contributed by atoms with Gasteiger partial charge in [-0.1, -0.05) is 13.8 Å². The van der Waals surface area contributed by atoms with Gasteiger partial charge in [-0.15, -0.1) is 0 Å². The van der Waals surface area contributed by atoms with Crippen molar-refractivity contribution in [2.24, 2.45) is 11.3 Å². The zero-order valence-electron chi connectivity index (χ0n) is 9.38. The molecule has 0 amide bonds. The highest BCUT2D eigenvalue weighted by molar-refractivity contribution is 7.80. The molecule has 1 rings (SSSR count). The van der Waals surface area contributed by atoms with Crippen LogP contribution in [0.4, 0.5) is 0 Å². The molecule has 2 heteroatoms.